The van der Waals surface area contributed by atoms with E-state index in [2.05, 4.69) is 5.32 Å². The number of aliphatic hydroxyl groups is 1. The van der Waals surface area contributed by atoms with Crippen molar-refractivity contribution in [3.63, 3.8) is 0 Å². The minimum absolute atomic E-state index is 0.0324. The Balaban J connectivity index is 2.52. The summed E-state index contributed by atoms with van der Waals surface area (Å²) < 4.78 is 31.4. The molecular formula is C11H16F2N2O2. The fourth-order valence-corrected chi connectivity index (χ4v) is 1.40. The number of methoxy groups -OCH3 is 1. The average Bonchev–Trinajstić information content (AvgIpc) is 2.22. The van der Waals surface area contributed by atoms with Gasteiger partial charge in [0.1, 0.15) is 5.69 Å². The predicted molar refractivity (Wildman–Crippen MR) is 61.8 cm³/mol. The monoisotopic (exact) mass is 246 g/mol. The van der Waals surface area contributed by atoms with E-state index in [0.29, 0.717) is 6.42 Å². The third kappa shape index (κ3) is 4.16. The second-order valence-electron chi connectivity index (χ2n) is 3.68. The van der Waals surface area contributed by atoms with Crippen molar-refractivity contribution >= 4 is 11.4 Å². The molecular weight excluding hydrogens is 230 g/mol. The highest BCUT2D eigenvalue weighted by Gasteiger charge is 2.10. The van der Waals surface area contributed by atoms with Crippen LogP contribution in [0.15, 0.2) is 12.1 Å². The summed E-state index contributed by atoms with van der Waals surface area (Å²) in [6.07, 6.45) is -0.329. The number of nitrogens with one attached hydrogen (secondary N) is 1. The lowest BCUT2D eigenvalue weighted by molar-refractivity contribution is 0.0615. The Morgan fingerprint density at radius 1 is 1.41 bits per heavy atom. The van der Waals surface area contributed by atoms with Crippen molar-refractivity contribution in [2.24, 2.45) is 0 Å². The molecule has 0 aliphatic heterocycles. The number of hydrogen-bond donors (Lipinski definition) is 3. The molecule has 0 saturated heterocycles. The fraction of sp³-hybridized carbons (Fsp3) is 0.455. The van der Waals surface area contributed by atoms with Crippen molar-refractivity contribution in [1.29, 1.82) is 0 Å². The first kappa shape index (κ1) is 13.7. The lowest BCUT2D eigenvalue weighted by atomic mass is 10.2. The van der Waals surface area contributed by atoms with Crippen molar-refractivity contribution in [1.82, 2.24) is 0 Å². The topological polar surface area (TPSA) is 67.5 Å². The second kappa shape index (κ2) is 6.36. The maximum atomic E-state index is 13.3. The third-order valence-corrected chi connectivity index (χ3v) is 2.20. The van der Waals surface area contributed by atoms with Crippen LogP contribution in [-0.4, -0.2) is 31.5 Å². The molecule has 96 valence electrons. The summed E-state index contributed by atoms with van der Waals surface area (Å²) in [5.74, 6) is -1.49. The van der Waals surface area contributed by atoms with E-state index in [1.165, 1.54) is 7.11 Å². The molecule has 1 rings (SSSR count). The molecule has 0 aliphatic rings. The van der Waals surface area contributed by atoms with Crippen molar-refractivity contribution in [3.8, 4) is 0 Å². The van der Waals surface area contributed by atoms with E-state index < -0.39 is 17.7 Å². The Labute approximate surface area is 98.4 Å². The van der Waals surface area contributed by atoms with E-state index in [4.69, 9.17) is 10.5 Å². The smallest absolute Gasteiger partial charge is 0.151 e. The van der Waals surface area contributed by atoms with Gasteiger partial charge in [-0.05, 0) is 18.6 Å². The van der Waals surface area contributed by atoms with Crippen molar-refractivity contribution in [2.45, 2.75) is 12.5 Å². The number of hydrogen-bond acceptors (Lipinski definition) is 4. The Hall–Kier alpha value is -1.40. The van der Waals surface area contributed by atoms with E-state index in [1.807, 2.05) is 0 Å². The van der Waals surface area contributed by atoms with E-state index in [9.17, 15) is 13.9 Å². The molecule has 0 bridgehead atoms. The lowest BCUT2D eigenvalue weighted by Crippen LogP contribution is -2.19. The molecule has 4 N–H and O–H groups in total. The van der Waals surface area contributed by atoms with Gasteiger partial charge in [0.2, 0.25) is 0 Å². The number of ether oxygens (including phenoxy) is 1. The quantitative estimate of drug-likeness (QED) is 0.663. The summed E-state index contributed by atoms with van der Waals surface area (Å²) >= 11 is 0. The highest BCUT2D eigenvalue weighted by molar-refractivity contribution is 5.53. The van der Waals surface area contributed by atoms with Gasteiger partial charge in [-0.2, -0.15) is 0 Å². The van der Waals surface area contributed by atoms with E-state index >= 15 is 0 Å². The maximum Gasteiger partial charge on any atom is 0.151 e. The number of rotatable bonds is 6. The Morgan fingerprint density at radius 3 is 2.53 bits per heavy atom. The Kier molecular flexibility index (Phi) is 5.11. The lowest BCUT2D eigenvalue weighted by Gasteiger charge is -2.12. The number of benzene rings is 1. The zero-order valence-corrected chi connectivity index (χ0v) is 9.54. The van der Waals surface area contributed by atoms with Gasteiger partial charge in [0.05, 0.1) is 12.7 Å². The first-order valence-corrected chi connectivity index (χ1v) is 5.20. The summed E-state index contributed by atoms with van der Waals surface area (Å²) in [5, 5.41) is 11.9. The normalized spacial score (nSPS) is 12.5. The summed E-state index contributed by atoms with van der Waals surface area (Å²) in [5.41, 5.74) is 5.08. The summed E-state index contributed by atoms with van der Waals surface area (Å²) in [4.78, 5) is 0. The Morgan fingerprint density at radius 2 is 2.00 bits per heavy atom. The zero-order valence-electron chi connectivity index (χ0n) is 9.54. The largest absolute Gasteiger partial charge is 0.399 e. The predicted octanol–water partition coefficient (Wildman–Crippen LogP) is 1.36. The third-order valence-electron chi connectivity index (χ3n) is 2.20. The molecule has 1 aromatic rings. The van der Waals surface area contributed by atoms with Crippen molar-refractivity contribution < 1.29 is 18.6 Å². The van der Waals surface area contributed by atoms with Gasteiger partial charge in [-0.25, -0.2) is 8.78 Å². The van der Waals surface area contributed by atoms with Crippen molar-refractivity contribution in [3.05, 3.63) is 23.8 Å². The molecule has 0 heterocycles. The number of nitrogen functional groups attached to an aromatic ring is 1. The molecule has 0 fully saturated rings. The number of nitrogens with two attached hydrogens (primary N) is 1. The van der Waals surface area contributed by atoms with Gasteiger partial charge in [-0.15, -0.1) is 0 Å². The highest BCUT2D eigenvalue weighted by Crippen LogP contribution is 2.21. The van der Waals surface area contributed by atoms with Crippen LogP contribution >= 0.6 is 0 Å². The zero-order chi connectivity index (χ0) is 12.8. The first-order chi connectivity index (χ1) is 8.04. The van der Waals surface area contributed by atoms with Gasteiger partial charge in [0.15, 0.2) is 11.6 Å². The van der Waals surface area contributed by atoms with Crippen LogP contribution in [0.1, 0.15) is 6.42 Å². The summed E-state index contributed by atoms with van der Waals surface area (Å²) in [6, 6.07) is 2.08. The van der Waals surface area contributed by atoms with Crippen LogP contribution < -0.4 is 11.1 Å². The molecule has 17 heavy (non-hydrogen) atoms. The molecule has 0 saturated carbocycles. The molecule has 4 nitrogen and oxygen atoms in total. The molecule has 0 radical (unpaired) electrons. The molecule has 0 spiro atoms. The first-order valence-electron chi connectivity index (χ1n) is 5.20. The van der Waals surface area contributed by atoms with Crippen LogP contribution in [0, 0.1) is 11.6 Å². The summed E-state index contributed by atoms with van der Waals surface area (Å²) in [6.45, 7) is 0.427. The van der Waals surface area contributed by atoms with Gasteiger partial charge in [-0.3, -0.25) is 0 Å². The molecule has 1 atom stereocenters. The molecule has 0 aromatic heterocycles. The summed E-state index contributed by atoms with van der Waals surface area (Å²) in [7, 11) is 1.47. The minimum atomic E-state index is -0.747. The van der Waals surface area contributed by atoms with Crippen molar-refractivity contribution in [2.75, 3.05) is 31.3 Å². The SMILES string of the molecule is COCC(O)CCNc1c(F)cc(N)cc1F. The van der Waals surface area contributed by atoms with Gasteiger partial charge in [0.25, 0.3) is 0 Å². The second-order valence-corrected chi connectivity index (χ2v) is 3.68. The fourth-order valence-electron chi connectivity index (χ4n) is 1.40. The van der Waals surface area contributed by atoms with Gasteiger partial charge in [0, 0.05) is 19.3 Å². The minimum Gasteiger partial charge on any atom is -0.399 e. The van der Waals surface area contributed by atoms with Gasteiger partial charge < -0.3 is 20.9 Å². The molecule has 0 amide bonds. The van der Waals surface area contributed by atoms with E-state index in [0.717, 1.165) is 12.1 Å². The average molecular weight is 246 g/mol. The van der Waals surface area contributed by atoms with Crippen LogP contribution in [0.2, 0.25) is 0 Å². The standard InChI is InChI=1S/C11H16F2N2O2/c1-17-6-8(16)2-3-15-11-9(12)4-7(14)5-10(11)13/h4-5,8,15-16H,2-3,6,14H2,1H3. The van der Waals surface area contributed by atoms with Crippen LogP contribution in [-0.2, 0) is 4.74 Å². The van der Waals surface area contributed by atoms with E-state index in [1.54, 1.807) is 0 Å². The number of anilines is 2. The molecule has 1 aromatic carbocycles. The number of aliphatic hydroxyl groups excluding tert-OH is 1. The van der Waals surface area contributed by atoms with E-state index in [-0.39, 0.29) is 24.5 Å². The number of halogens is 2. The van der Waals surface area contributed by atoms with Crippen LogP contribution in [0.5, 0.6) is 0 Å². The maximum absolute atomic E-state index is 13.3. The van der Waals surface area contributed by atoms with Crippen LogP contribution in [0.3, 0.4) is 0 Å². The molecule has 1 unspecified atom stereocenters. The van der Waals surface area contributed by atoms with Crippen LogP contribution in [0.25, 0.3) is 0 Å². The van der Waals surface area contributed by atoms with Crippen LogP contribution in [0.4, 0.5) is 20.2 Å². The highest BCUT2D eigenvalue weighted by atomic mass is 19.1. The van der Waals surface area contributed by atoms with Gasteiger partial charge in [-0.1, -0.05) is 0 Å². The molecule has 6 heteroatoms. The molecule has 0 aliphatic carbocycles. The van der Waals surface area contributed by atoms with Gasteiger partial charge >= 0.3 is 0 Å². The Bertz CT molecular complexity index is 351.